The zero-order valence-electron chi connectivity index (χ0n) is 46.3. The zero-order valence-corrected chi connectivity index (χ0v) is 54.7. The quantitative estimate of drug-likeness (QED) is 0.0496. The van der Waals surface area contributed by atoms with Crippen molar-refractivity contribution in [3.63, 3.8) is 0 Å². The molecule has 0 N–H and O–H groups in total. The van der Waals surface area contributed by atoms with E-state index in [-0.39, 0.29) is 101 Å². The Morgan fingerprint density at radius 2 is 0.382 bits per heavy atom. The number of aryl methyl sites for hydroxylation is 6. The first-order chi connectivity index (χ1) is 34.2. The van der Waals surface area contributed by atoms with E-state index in [2.05, 4.69) is 63.2 Å². The van der Waals surface area contributed by atoms with E-state index in [1.165, 1.54) is 115 Å². The molecule has 0 radical (unpaired) electrons. The van der Waals surface area contributed by atoms with Gasteiger partial charge in [0, 0.05) is 0 Å². The molecule has 1 nitrogen and oxygen atoms in total. The Labute approximate surface area is 533 Å². The molecule has 0 unspecified atom stereocenters. The van der Waals surface area contributed by atoms with Crippen molar-refractivity contribution in [3.8, 4) is 35.5 Å². The first-order valence-corrected chi connectivity index (χ1v) is 25.0. The molecule has 76 heavy (non-hydrogen) atoms. The van der Waals surface area contributed by atoms with Crippen molar-refractivity contribution in [1.29, 1.82) is 0 Å². The largest absolute Gasteiger partial charge is 1.00 e. The van der Waals surface area contributed by atoms with Crippen LogP contribution in [0.25, 0.3) is 0 Å². The zero-order chi connectivity index (χ0) is 53.1. The average Bonchev–Trinajstić information content (AvgIpc) is 3.41. The van der Waals surface area contributed by atoms with Crippen LogP contribution in [0.5, 0.6) is 0 Å². The maximum absolute atomic E-state index is 6.76. The second-order valence-corrected chi connectivity index (χ2v) is 17.6. The number of unbranched alkanes of at least 4 members (excludes halogenated alkanes) is 4. The van der Waals surface area contributed by atoms with Gasteiger partial charge in [-0.25, -0.2) is 0 Å². The third kappa shape index (κ3) is 42.9. The van der Waals surface area contributed by atoms with Crippen LogP contribution in [0.2, 0.25) is 0 Å². The first kappa shape index (κ1) is 83.2. The van der Waals surface area contributed by atoms with E-state index in [1.54, 1.807) is 0 Å². The van der Waals surface area contributed by atoms with Crippen LogP contribution in [0.15, 0.2) is 146 Å². The molecule has 0 aliphatic rings. The topological polar surface area (TPSA) is 0 Å². The van der Waals surface area contributed by atoms with Gasteiger partial charge in [-0.05, 0) is 67.2 Å². The minimum absolute atomic E-state index is 0. The molecule has 0 aliphatic carbocycles. The van der Waals surface area contributed by atoms with Crippen molar-refractivity contribution in [2.45, 2.75) is 121 Å². The molecule has 0 heterocycles. The SMILES string of the molecule is CCCC[N+](CCCC)(CCCC)CCCC.[Au+].[Au+].[Au+].[C-]#Cc1ccc(C)cc1.[C-]#Cc1ccc(C)cc1.[C-]#Cc1ccc(C)cc1.[C-]#Cc1ccc(C)cc1.[C-]#Cc1ccc(C)cc1.[C-]#Cc1ccc(C)cc1.[Cu+].[Cu+]. The normalized spacial score (nSPS) is 8.68. The molecular formula is C70H78Au3Cu2N. The van der Waals surface area contributed by atoms with Gasteiger partial charge < -0.3 is 43.0 Å². The van der Waals surface area contributed by atoms with Gasteiger partial charge in [-0.2, -0.15) is 0 Å². The van der Waals surface area contributed by atoms with Gasteiger partial charge in [-0.1, -0.05) is 160 Å². The Balaban J connectivity index is -0.000000189. The summed E-state index contributed by atoms with van der Waals surface area (Å²) in [6.45, 7) is 27.1. The molecule has 0 aliphatic heterocycles. The predicted octanol–water partition coefficient (Wildman–Crippen LogP) is 16.6. The van der Waals surface area contributed by atoms with E-state index in [1.807, 2.05) is 187 Å². The van der Waals surface area contributed by atoms with Crippen LogP contribution in [0.4, 0.5) is 0 Å². The Kier molecular flexibility index (Phi) is 59.4. The fourth-order valence-corrected chi connectivity index (χ4v) is 6.47. The van der Waals surface area contributed by atoms with Crippen LogP contribution >= 0.6 is 0 Å². The number of nitrogens with zero attached hydrogens (tertiary/aromatic N) is 1. The van der Waals surface area contributed by atoms with E-state index in [4.69, 9.17) is 38.5 Å². The van der Waals surface area contributed by atoms with Crippen molar-refractivity contribution in [3.05, 3.63) is 251 Å². The molecule has 6 rings (SSSR count). The smallest absolute Gasteiger partial charge is 0.366 e. The summed E-state index contributed by atoms with van der Waals surface area (Å²) in [5.74, 6) is 13.8. The van der Waals surface area contributed by atoms with Gasteiger partial charge in [-0.3, -0.25) is 35.5 Å². The number of rotatable bonds is 12. The monoisotopic (exact) mass is 1650 g/mol. The maximum Gasteiger partial charge on any atom is 1.00 e. The summed E-state index contributed by atoms with van der Waals surface area (Å²) in [6, 6.07) is 46.2. The minimum Gasteiger partial charge on any atom is -0.366 e. The Morgan fingerprint density at radius 1 is 0.263 bits per heavy atom. The summed E-state index contributed by atoms with van der Waals surface area (Å²) >= 11 is 0. The van der Waals surface area contributed by atoms with Crippen molar-refractivity contribution in [2.24, 2.45) is 0 Å². The summed E-state index contributed by atoms with van der Waals surface area (Å²) in [4.78, 5) is 0. The summed E-state index contributed by atoms with van der Waals surface area (Å²) in [5, 5.41) is 0. The molecule has 6 aromatic carbocycles. The Bertz CT molecular complexity index is 2090. The van der Waals surface area contributed by atoms with Gasteiger partial charge in [0.2, 0.25) is 0 Å². The van der Waals surface area contributed by atoms with Gasteiger partial charge in [0.1, 0.15) is 0 Å². The van der Waals surface area contributed by atoms with E-state index in [9.17, 15) is 0 Å². The fourth-order valence-electron chi connectivity index (χ4n) is 6.47. The van der Waals surface area contributed by atoms with Crippen molar-refractivity contribution < 1.29 is 106 Å². The molecule has 0 saturated heterocycles. The van der Waals surface area contributed by atoms with E-state index >= 15 is 0 Å². The summed E-state index contributed by atoms with van der Waals surface area (Å²) < 4.78 is 1.42. The van der Waals surface area contributed by atoms with E-state index in [0.29, 0.717) is 0 Å². The number of hydrogen-bond acceptors (Lipinski definition) is 0. The van der Waals surface area contributed by atoms with Crippen LogP contribution in [-0.4, -0.2) is 30.7 Å². The number of benzene rings is 6. The summed E-state index contributed by atoms with van der Waals surface area (Å²) in [6.07, 6.45) is 51.6. The first-order valence-electron chi connectivity index (χ1n) is 25.0. The third-order valence-electron chi connectivity index (χ3n) is 11.1. The number of hydrogen-bond donors (Lipinski definition) is 0. The molecule has 0 aromatic heterocycles. The van der Waals surface area contributed by atoms with E-state index in [0.717, 1.165) is 33.4 Å². The maximum atomic E-state index is 6.76. The van der Waals surface area contributed by atoms with Gasteiger partial charge in [0.05, 0.1) is 26.2 Å². The number of quaternary nitrogens is 1. The Hall–Kier alpha value is -4.10. The van der Waals surface area contributed by atoms with Gasteiger partial charge in [0.25, 0.3) is 0 Å². The molecule has 0 bridgehead atoms. The second-order valence-electron chi connectivity index (χ2n) is 17.6. The van der Waals surface area contributed by atoms with Crippen LogP contribution in [0.1, 0.15) is 146 Å². The predicted molar refractivity (Wildman–Crippen MR) is 304 cm³/mol. The average molecular weight is 1650 g/mol. The molecular weight excluding hydrogens is 1570 g/mol. The van der Waals surface area contributed by atoms with Gasteiger partial charge in [0.15, 0.2) is 0 Å². The van der Waals surface area contributed by atoms with Gasteiger partial charge in [-0.15, -0.1) is 106 Å². The molecule has 0 saturated carbocycles. The summed E-state index contributed by atoms with van der Waals surface area (Å²) in [7, 11) is 0. The van der Waals surface area contributed by atoms with Gasteiger partial charge >= 0.3 is 101 Å². The van der Waals surface area contributed by atoms with E-state index < -0.39 is 0 Å². The molecule has 6 aromatic rings. The molecule has 0 atom stereocenters. The standard InChI is InChI=1S/C16H36N.6C9H7.3Au.2Cu/c1-5-9-13-17(14-10-6-2,15-11-7-3)16-12-8-4;6*1-3-9-6-4-8(2)5-7-9;;;;;/h5-16H2,1-4H3;6*4-7H,2H3;;;;;/q+1;6*-1;5*+1. The minimum atomic E-state index is 0. The van der Waals surface area contributed by atoms with Crippen LogP contribution in [0, 0.1) is 116 Å². The van der Waals surface area contributed by atoms with Crippen LogP contribution < -0.4 is 0 Å². The summed E-state index contributed by atoms with van der Waals surface area (Å²) in [5.41, 5.74) is 12.3. The van der Waals surface area contributed by atoms with Crippen molar-refractivity contribution in [1.82, 2.24) is 0 Å². The Morgan fingerprint density at radius 3 is 0.474 bits per heavy atom. The fraction of sp³-hybridized carbons (Fsp3) is 0.314. The molecule has 418 valence electrons. The molecule has 6 heteroatoms. The van der Waals surface area contributed by atoms with Crippen LogP contribution in [-0.2, 0) is 101 Å². The molecule has 0 amide bonds. The molecule has 0 fully saturated rings. The van der Waals surface area contributed by atoms with Crippen LogP contribution in [0.3, 0.4) is 0 Å². The second kappa shape index (κ2) is 54.3. The van der Waals surface area contributed by atoms with Crippen molar-refractivity contribution in [2.75, 3.05) is 26.2 Å². The molecule has 0 spiro atoms. The van der Waals surface area contributed by atoms with Crippen molar-refractivity contribution >= 4 is 0 Å². The third-order valence-corrected chi connectivity index (χ3v) is 11.1.